The molecule has 0 amide bonds. The molecule has 1 N–H and O–H groups in total. The minimum atomic E-state index is 0.410. The lowest BCUT2D eigenvalue weighted by atomic mass is 9.88. The third-order valence-electron chi connectivity index (χ3n) is 3.91. The van der Waals surface area contributed by atoms with E-state index in [1.165, 1.54) is 57.8 Å². The van der Waals surface area contributed by atoms with Crippen LogP contribution in [0, 0.1) is 5.92 Å². The highest BCUT2D eigenvalue weighted by atomic mass is 32.1. The van der Waals surface area contributed by atoms with Gasteiger partial charge in [0.1, 0.15) is 0 Å². The van der Waals surface area contributed by atoms with Crippen molar-refractivity contribution in [2.75, 3.05) is 11.9 Å². The lowest BCUT2D eigenvalue weighted by molar-refractivity contribution is 0.354. The Morgan fingerprint density at radius 1 is 0.900 bits per heavy atom. The van der Waals surface area contributed by atoms with Gasteiger partial charge in [-0.2, -0.15) is 15.0 Å². The van der Waals surface area contributed by atoms with Gasteiger partial charge in [-0.05, 0) is 18.8 Å². The van der Waals surface area contributed by atoms with Gasteiger partial charge in [0.05, 0.1) is 0 Å². The molecular weight excluding hydrogens is 288 g/mol. The molecule has 1 aliphatic carbocycles. The minimum absolute atomic E-state index is 0.410. The number of anilines is 1. The van der Waals surface area contributed by atoms with Gasteiger partial charge in [-0.15, -0.1) is 25.3 Å². The summed E-state index contributed by atoms with van der Waals surface area (Å²) in [7, 11) is 0. The van der Waals surface area contributed by atoms with Crippen LogP contribution in [0.3, 0.4) is 0 Å². The molecule has 1 saturated carbocycles. The molecule has 20 heavy (non-hydrogen) atoms. The standard InChI is InChI=1S/C14H24N4S2/c19-13-16-12(17-14(20)18-13)15-10-6-9-11-7-4-2-1-3-5-8-11/h11H,1-10H2,(H3,15,16,17,18,19,20). The Morgan fingerprint density at radius 3 is 2.15 bits per heavy atom. The second-order valence-electron chi connectivity index (χ2n) is 5.54. The lowest BCUT2D eigenvalue weighted by Crippen LogP contribution is -2.10. The van der Waals surface area contributed by atoms with Gasteiger partial charge < -0.3 is 5.32 Å². The molecule has 0 unspecified atom stereocenters. The van der Waals surface area contributed by atoms with Crippen molar-refractivity contribution in [2.45, 2.75) is 68.1 Å². The van der Waals surface area contributed by atoms with E-state index in [4.69, 9.17) is 0 Å². The van der Waals surface area contributed by atoms with Crippen LogP contribution in [0.2, 0.25) is 0 Å². The van der Waals surface area contributed by atoms with E-state index < -0.39 is 0 Å². The molecule has 6 heteroatoms. The summed E-state index contributed by atoms with van der Waals surface area (Å²) >= 11 is 8.25. The number of thiol groups is 2. The zero-order chi connectivity index (χ0) is 14.2. The fourth-order valence-electron chi connectivity index (χ4n) is 2.85. The average Bonchev–Trinajstić information content (AvgIpc) is 2.35. The summed E-state index contributed by atoms with van der Waals surface area (Å²) in [6.45, 7) is 0.904. The summed E-state index contributed by atoms with van der Waals surface area (Å²) in [6, 6.07) is 0. The number of aromatic nitrogens is 3. The van der Waals surface area contributed by atoms with Crippen molar-refractivity contribution in [1.29, 1.82) is 0 Å². The first-order valence-corrected chi connectivity index (χ1v) is 8.51. The molecular formula is C14H24N4S2. The fraction of sp³-hybridized carbons (Fsp3) is 0.786. The first kappa shape index (κ1) is 15.9. The van der Waals surface area contributed by atoms with Crippen LogP contribution in [-0.4, -0.2) is 21.5 Å². The van der Waals surface area contributed by atoms with Crippen LogP contribution in [0.5, 0.6) is 0 Å². The number of rotatable bonds is 5. The third-order valence-corrected chi connectivity index (χ3v) is 4.31. The van der Waals surface area contributed by atoms with Crippen LogP contribution in [0.15, 0.2) is 10.3 Å². The van der Waals surface area contributed by atoms with Crippen molar-refractivity contribution in [3.8, 4) is 0 Å². The Balaban J connectivity index is 1.67. The minimum Gasteiger partial charge on any atom is -0.354 e. The van der Waals surface area contributed by atoms with Crippen molar-refractivity contribution in [3.05, 3.63) is 0 Å². The maximum absolute atomic E-state index is 4.13. The summed E-state index contributed by atoms with van der Waals surface area (Å²) in [4.78, 5) is 12.2. The summed E-state index contributed by atoms with van der Waals surface area (Å²) in [5.41, 5.74) is 0. The van der Waals surface area contributed by atoms with Crippen LogP contribution in [0.25, 0.3) is 0 Å². The highest BCUT2D eigenvalue weighted by Crippen LogP contribution is 2.25. The molecule has 2 rings (SSSR count). The maximum atomic E-state index is 4.13. The second-order valence-corrected chi connectivity index (χ2v) is 6.34. The van der Waals surface area contributed by atoms with Crippen molar-refractivity contribution in [3.63, 3.8) is 0 Å². The topological polar surface area (TPSA) is 50.7 Å². The molecule has 112 valence electrons. The Bertz CT molecular complexity index is 386. The van der Waals surface area contributed by atoms with Crippen LogP contribution in [0.1, 0.15) is 57.8 Å². The van der Waals surface area contributed by atoms with E-state index in [1.807, 2.05) is 0 Å². The van der Waals surface area contributed by atoms with Crippen molar-refractivity contribution < 1.29 is 0 Å². The maximum Gasteiger partial charge on any atom is 0.227 e. The molecule has 0 saturated heterocycles. The molecule has 0 radical (unpaired) electrons. The highest BCUT2D eigenvalue weighted by Gasteiger charge is 2.11. The van der Waals surface area contributed by atoms with Gasteiger partial charge in [0, 0.05) is 6.54 Å². The van der Waals surface area contributed by atoms with E-state index in [2.05, 4.69) is 45.5 Å². The molecule has 4 nitrogen and oxygen atoms in total. The van der Waals surface area contributed by atoms with Gasteiger partial charge in [-0.3, -0.25) is 0 Å². The molecule has 0 bridgehead atoms. The SMILES string of the molecule is Sc1nc(S)nc(NCCCC2CCCCCCC2)n1. The van der Waals surface area contributed by atoms with Gasteiger partial charge >= 0.3 is 0 Å². The van der Waals surface area contributed by atoms with E-state index >= 15 is 0 Å². The number of hydrogen-bond donors (Lipinski definition) is 3. The quantitative estimate of drug-likeness (QED) is 0.568. The molecule has 1 aromatic heterocycles. The zero-order valence-electron chi connectivity index (χ0n) is 11.9. The van der Waals surface area contributed by atoms with E-state index in [1.54, 1.807) is 0 Å². The van der Waals surface area contributed by atoms with Crippen LogP contribution < -0.4 is 5.32 Å². The van der Waals surface area contributed by atoms with E-state index in [0.717, 1.165) is 12.5 Å². The van der Waals surface area contributed by atoms with E-state index in [-0.39, 0.29) is 0 Å². The molecule has 0 atom stereocenters. The van der Waals surface area contributed by atoms with E-state index in [9.17, 15) is 0 Å². The van der Waals surface area contributed by atoms with Crippen molar-refractivity contribution in [1.82, 2.24) is 15.0 Å². The van der Waals surface area contributed by atoms with Gasteiger partial charge in [0.15, 0.2) is 10.3 Å². The molecule has 1 heterocycles. The number of nitrogens with zero attached hydrogens (tertiary/aromatic N) is 3. The van der Waals surface area contributed by atoms with Crippen LogP contribution in [-0.2, 0) is 0 Å². The first-order chi connectivity index (χ1) is 9.74. The van der Waals surface area contributed by atoms with Gasteiger partial charge in [-0.25, -0.2) is 0 Å². The number of hydrogen-bond acceptors (Lipinski definition) is 6. The van der Waals surface area contributed by atoms with Gasteiger partial charge in [0.2, 0.25) is 5.95 Å². The predicted molar refractivity (Wildman–Crippen MR) is 87.9 cm³/mol. The highest BCUT2D eigenvalue weighted by molar-refractivity contribution is 7.80. The molecule has 1 aliphatic rings. The largest absolute Gasteiger partial charge is 0.354 e. The summed E-state index contributed by atoms with van der Waals surface area (Å²) in [5, 5.41) is 4.05. The summed E-state index contributed by atoms with van der Waals surface area (Å²) < 4.78 is 0. The monoisotopic (exact) mass is 312 g/mol. The first-order valence-electron chi connectivity index (χ1n) is 7.62. The fourth-order valence-corrected chi connectivity index (χ4v) is 3.31. The van der Waals surface area contributed by atoms with E-state index in [0.29, 0.717) is 16.3 Å². The van der Waals surface area contributed by atoms with Crippen molar-refractivity contribution >= 4 is 31.2 Å². The van der Waals surface area contributed by atoms with Crippen LogP contribution >= 0.6 is 25.3 Å². The zero-order valence-corrected chi connectivity index (χ0v) is 13.7. The molecule has 1 aromatic rings. The molecule has 1 fully saturated rings. The summed E-state index contributed by atoms with van der Waals surface area (Å²) in [5.74, 6) is 1.49. The Labute approximate surface area is 132 Å². The third kappa shape index (κ3) is 5.87. The summed E-state index contributed by atoms with van der Waals surface area (Å²) in [6.07, 6.45) is 12.4. The van der Waals surface area contributed by atoms with Gasteiger partial charge in [0.25, 0.3) is 0 Å². The molecule has 0 spiro atoms. The second kappa shape index (κ2) is 8.72. The average molecular weight is 313 g/mol. The Morgan fingerprint density at radius 2 is 1.50 bits per heavy atom. The molecule has 0 aliphatic heterocycles. The van der Waals surface area contributed by atoms with Gasteiger partial charge in [-0.1, -0.05) is 44.9 Å². The van der Waals surface area contributed by atoms with Crippen molar-refractivity contribution in [2.24, 2.45) is 5.92 Å². The molecule has 0 aromatic carbocycles. The Hall–Kier alpha value is -0.490. The predicted octanol–water partition coefficient (Wildman–Crippen LogP) is 4.00. The Kier molecular flexibility index (Phi) is 6.93. The number of nitrogens with one attached hydrogen (secondary N) is 1. The smallest absolute Gasteiger partial charge is 0.227 e. The lowest BCUT2D eigenvalue weighted by Gasteiger charge is -2.19. The normalized spacial score (nSPS) is 17.5. The van der Waals surface area contributed by atoms with Crippen LogP contribution in [0.4, 0.5) is 5.95 Å².